The maximum absolute atomic E-state index is 12.2. The first kappa shape index (κ1) is 15.9. The Kier molecular flexibility index (Phi) is 5.22. The first-order chi connectivity index (χ1) is 11.3. The van der Waals surface area contributed by atoms with Crippen molar-refractivity contribution in [2.75, 3.05) is 31.2 Å². The maximum Gasteiger partial charge on any atom is 0.271 e. The molecule has 0 bridgehead atoms. The van der Waals surface area contributed by atoms with E-state index in [4.69, 9.17) is 10.5 Å². The average Bonchev–Trinajstić information content (AvgIpc) is 3.10. The van der Waals surface area contributed by atoms with Gasteiger partial charge >= 0.3 is 0 Å². The second-order valence-corrected chi connectivity index (χ2v) is 6.18. The number of morpholine rings is 1. The Balaban J connectivity index is 1.66. The molecule has 7 heteroatoms. The zero-order valence-corrected chi connectivity index (χ0v) is 13.6. The minimum absolute atomic E-state index is 0.169. The van der Waals surface area contributed by atoms with Crippen molar-refractivity contribution in [2.45, 2.75) is 13.1 Å². The Bertz CT molecular complexity index is 668. The number of nitrogens with zero attached hydrogens (tertiary/aromatic N) is 2. The molecule has 122 valence electrons. The molecule has 1 fully saturated rings. The highest BCUT2D eigenvalue weighted by Gasteiger charge is 2.15. The van der Waals surface area contributed by atoms with Gasteiger partial charge in [0.25, 0.3) is 5.91 Å². The molecule has 2 heterocycles. The van der Waals surface area contributed by atoms with Crippen molar-refractivity contribution in [3.8, 4) is 0 Å². The van der Waals surface area contributed by atoms with E-state index in [0.29, 0.717) is 18.8 Å². The monoisotopic (exact) mass is 332 g/mol. The van der Waals surface area contributed by atoms with E-state index >= 15 is 0 Å². The predicted molar refractivity (Wildman–Crippen MR) is 90.6 cm³/mol. The summed E-state index contributed by atoms with van der Waals surface area (Å²) in [6, 6.07) is 8.13. The SMILES string of the molecule is NCc1nc(C(=O)NCc2ccccc2N2CCOCC2)cs1. The van der Waals surface area contributed by atoms with Crippen LogP contribution in [0.5, 0.6) is 0 Å². The van der Waals surface area contributed by atoms with Crippen molar-refractivity contribution in [3.63, 3.8) is 0 Å². The molecule has 1 amide bonds. The molecular weight excluding hydrogens is 312 g/mol. The molecule has 1 aromatic heterocycles. The summed E-state index contributed by atoms with van der Waals surface area (Å²) in [6.07, 6.45) is 0. The summed E-state index contributed by atoms with van der Waals surface area (Å²) >= 11 is 1.41. The molecule has 1 aliphatic heterocycles. The molecule has 2 aromatic rings. The fourth-order valence-corrected chi connectivity index (χ4v) is 3.20. The number of para-hydroxylation sites is 1. The Hall–Kier alpha value is -1.96. The number of rotatable bonds is 5. The fourth-order valence-electron chi connectivity index (χ4n) is 2.55. The van der Waals surface area contributed by atoms with Gasteiger partial charge in [0.05, 0.1) is 13.2 Å². The third-order valence-corrected chi connectivity index (χ3v) is 4.61. The Labute approximate surface area is 139 Å². The number of ether oxygens (including phenoxy) is 1. The number of anilines is 1. The molecule has 3 N–H and O–H groups in total. The van der Waals surface area contributed by atoms with Gasteiger partial charge in [-0.15, -0.1) is 11.3 Å². The second-order valence-electron chi connectivity index (χ2n) is 5.24. The lowest BCUT2D eigenvalue weighted by atomic mass is 10.1. The number of hydrogen-bond donors (Lipinski definition) is 2. The molecule has 0 atom stereocenters. The third kappa shape index (κ3) is 3.87. The van der Waals surface area contributed by atoms with Crippen LogP contribution >= 0.6 is 11.3 Å². The number of nitrogens with two attached hydrogens (primary N) is 1. The lowest BCUT2D eigenvalue weighted by Gasteiger charge is -2.30. The Morgan fingerprint density at radius 1 is 1.35 bits per heavy atom. The molecule has 1 aliphatic rings. The van der Waals surface area contributed by atoms with E-state index in [-0.39, 0.29) is 5.91 Å². The number of nitrogens with one attached hydrogen (secondary N) is 1. The van der Waals surface area contributed by atoms with Crippen molar-refractivity contribution in [3.05, 3.63) is 45.9 Å². The van der Waals surface area contributed by atoms with E-state index in [0.717, 1.165) is 42.6 Å². The Morgan fingerprint density at radius 2 is 2.13 bits per heavy atom. The molecule has 0 saturated carbocycles. The predicted octanol–water partition coefficient (Wildman–Crippen LogP) is 1.37. The van der Waals surface area contributed by atoms with Gasteiger partial charge in [-0.2, -0.15) is 0 Å². The molecule has 0 radical (unpaired) electrons. The number of thiazole rings is 1. The summed E-state index contributed by atoms with van der Waals surface area (Å²) in [6.45, 7) is 4.05. The Morgan fingerprint density at radius 3 is 2.87 bits per heavy atom. The average molecular weight is 332 g/mol. The number of aromatic nitrogens is 1. The van der Waals surface area contributed by atoms with E-state index in [2.05, 4.69) is 21.3 Å². The number of carbonyl (C=O) groups excluding carboxylic acids is 1. The van der Waals surface area contributed by atoms with Crippen LogP contribution in [0.1, 0.15) is 21.1 Å². The van der Waals surface area contributed by atoms with Crippen LogP contribution < -0.4 is 16.0 Å². The minimum atomic E-state index is -0.169. The quantitative estimate of drug-likeness (QED) is 0.864. The van der Waals surface area contributed by atoms with Gasteiger partial charge in [0, 0.05) is 37.2 Å². The summed E-state index contributed by atoms with van der Waals surface area (Å²) in [4.78, 5) is 18.7. The highest BCUT2D eigenvalue weighted by atomic mass is 32.1. The van der Waals surface area contributed by atoms with Crippen LogP contribution in [0.4, 0.5) is 5.69 Å². The third-order valence-electron chi connectivity index (χ3n) is 3.74. The van der Waals surface area contributed by atoms with E-state index in [1.807, 2.05) is 18.2 Å². The second kappa shape index (κ2) is 7.54. The molecule has 0 aliphatic carbocycles. The van der Waals surface area contributed by atoms with Crippen molar-refractivity contribution in [1.82, 2.24) is 10.3 Å². The van der Waals surface area contributed by atoms with Crippen LogP contribution in [-0.2, 0) is 17.8 Å². The molecule has 3 rings (SSSR count). The van der Waals surface area contributed by atoms with E-state index in [9.17, 15) is 4.79 Å². The van der Waals surface area contributed by atoms with E-state index in [1.54, 1.807) is 5.38 Å². The zero-order valence-electron chi connectivity index (χ0n) is 12.8. The lowest BCUT2D eigenvalue weighted by Crippen LogP contribution is -2.37. The topological polar surface area (TPSA) is 80.5 Å². The molecule has 0 unspecified atom stereocenters. The summed E-state index contributed by atoms with van der Waals surface area (Å²) < 4.78 is 5.40. The first-order valence-corrected chi connectivity index (χ1v) is 8.49. The minimum Gasteiger partial charge on any atom is -0.378 e. The van der Waals surface area contributed by atoms with Gasteiger partial charge in [-0.25, -0.2) is 4.98 Å². The number of benzene rings is 1. The van der Waals surface area contributed by atoms with Crippen molar-refractivity contribution in [2.24, 2.45) is 5.73 Å². The number of carbonyl (C=O) groups is 1. The lowest BCUT2D eigenvalue weighted by molar-refractivity contribution is 0.0946. The standard InChI is InChI=1S/C16H20N4O2S/c17-9-15-19-13(11-23-15)16(21)18-10-12-3-1-2-4-14(12)20-5-7-22-8-6-20/h1-4,11H,5-10,17H2,(H,18,21). The van der Waals surface area contributed by atoms with Crippen LogP contribution in [0, 0.1) is 0 Å². The molecule has 6 nitrogen and oxygen atoms in total. The zero-order chi connectivity index (χ0) is 16.1. The van der Waals surface area contributed by atoms with Crippen molar-refractivity contribution >= 4 is 22.9 Å². The molecule has 0 spiro atoms. The fraction of sp³-hybridized carbons (Fsp3) is 0.375. The molecule has 1 saturated heterocycles. The highest BCUT2D eigenvalue weighted by Crippen LogP contribution is 2.21. The van der Waals surface area contributed by atoms with Gasteiger partial charge in [0.15, 0.2) is 0 Å². The van der Waals surface area contributed by atoms with Crippen molar-refractivity contribution < 1.29 is 9.53 Å². The van der Waals surface area contributed by atoms with E-state index in [1.165, 1.54) is 11.3 Å². The summed E-state index contributed by atoms with van der Waals surface area (Å²) in [5, 5.41) is 5.45. The summed E-state index contributed by atoms with van der Waals surface area (Å²) in [5.74, 6) is -0.169. The number of amides is 1. The first-order valence-electron chi connectivity index (χ1n) is 7.61. The normalized spacial score (nSPS) is 14.7. The van der Waals surface area contributed by atoms with Crippen LogP contribution in [0.15, 0.2) is 29.6 Å². The number of hydrogen-bond acceptors (Lipinski definition) is 6. The molecule has 1 aromatic carbocycles. The van der Waals surface area contributed by atoms with Crippen LogP contribution in [0.25, 0.3) is 0 Å². The smallest absolute Gasteiger partial charge is 0.271 e. The highest BCUT2D eigenvalue weighted by molar-refractivity contribution is 7.09. The van der Waals surface area contributed by atoms with Crippen LogP contribution in [-0.4, -0.2) is 37.2 Å². The van der Waals surface area contributed by atoms with Crippen LogP contribution in [0.2, 0.25) is 0 Å². The van der Waals surface area contributed by atoms with Crippen LogP contribution in [0.3, 0.4) is 0 Å². The summed E-state index contributed by atoms with van der Waals surface area (Å²) in [5.41, 5.74) is 8.21. The summed E-state index contributed by atoms with van der Waals surface area (Å²) in [7, 11) is 0. The van der Waals surface area contributed by atoms with Gasteiger partial charge in [0.2, 0.25) is 0 Å². The van der Waals surface area contributed by atoms with Crippen molar-refractivity contribution in [1.29, 1.82) is 0 Å². The van der Waals surface area contributed by atoms with E-state index < -0.39 is 0 Å². The largest absolute Gasteiger partial charge is 0.378 e. The molecule has 23 heavy (non-hydrogen) atoms. The van der Waals surface area contributed by atoms with Gasteiger partial charge in [0.1, 0.15) is 10.7 Å². The van der Waals surface area contributed by atoms with Gasteiger partial charge < -0.3 is 20.7 Å². The molecular formula is C16H20N4O2S. The van der Waals surface area contributed by atoms with Gasteiger partial charge in [-0.1, -0.05) is 18.2 Å². The maximum atomic E-state index is 12.2. The van der Waals surface area contributed by atoms with Gasteiger partial charge in [-0.05, 0) is 11.6 Å². The van der Waals surface area contributed by atoms with Gasteiger partial charge in [-0.3, -0.25) is 4.79 Å².